The number of nitrogens with zero attached hydrogens (tertiary/aromatic N) is 1. The molecule has 5 nitrogen and oxygen atoms in total. The van der Waals surface area contributed by atoms with Crippen LogP contribution >= 0.6 is 12.4 Å². The molecule has 1 aromatic heterocycles. The molecule has 0 atom stereocenters. The van der Waals surface area contributed by atoms with Gasteiger partial charge in [-0.05, 0) is 44.2 Å². The zero-order chi connectivity index (χ0) is 14.8. The molecule has 0 spiro atoms. The Kier molecular flexibility index (Phi) is 5.46. The molecule has 0 aliphatic carbocycles. The lowest BCUT2D eigenvalue weighted by atomic mass is 10.1. The van der Waals surface area contributed by atoms with Crippen molar-refractivity contribution in [2.24, 2.45) is 5.73 Å². The van der Waals surface area contributed by atoms with E-state index in [-0.39, 0.29) is 24.1 Å². The summed E-state index contributed by atoms with van der Waals surface area (Å²) in [5.41, 5.74) is 6.74. The van der Waals surface area contributed by atoms with Crippen molar-refractivity contribution in [1.82, 2.24) is 15.5 Å². The highest BCUT2D eigenvalue weighted by atomic mass is 35.5. The van der Waals surface area contributed by atoms with E-state index in [1.165, 1.54) is 12.1 Å². The van der Waals surface area contributed by atoms with Crippen LogP contribution in [-0.4, -0.2) is 28.2 Å². The lowest BCUT2D eigenvalue weighted by Gasteiger charge is -2.23. The average molecular weight is 313 g/mol. The van der Waals surface area contributed by atoms with Crippen LogP contribution in [0, 0.1) is 5.82 Å². The molecule has 0 aliphatic rings. The average Bonchev–Trinajstić information content (AvgIpc) is 2.89. The molecular weight excluding hydrogens is 295 g/mol. The largest absolute Gasteiger partial charge is 0.345 e. The predicted octanol–water partition coefficient (Wildman–Crippen LogP) is 2.10. The first-order valence-corrected chi connectivity index (χ1v) is 6.25. The van der Waals surface area contributed by atoms with Gasteiger partial charge in [0.05, 0.1) is 5.69 Å². The summed E-state index contributed by atoms with van der Waals surface area (Å²) in [6, 6.07) is 7.53. The number of benzene rings is 1. The third kappa shape index (κ3) is 4.27. The Bertz CT molecular complexity index is 610. The lowest BCUT2D eigenvalue weighted by molar-refractivity contribution is 0.0910. The summed E-state index contributed by atoms with van der Waals surface area (Å²) < 4.78 is 12.9. The molecule has 0 saturated heterocycles. The molecule has 0 aliphatic heterocycles. The molecule has 1 heterocycles. The van der Waals surface area contributed by atoms with Crippen LogP contribution in [0.2, 0.25) is 0 Å². The summed E-state index contributed by atoms with van der Waals surface area (Å²) in [5.74, 6) is -0.590. The molecular formula is C14H18ClFN4O. The molecule has 0 radical (unpaired) electrons. The lowest BCUT2D eigenvalue weighted by Crippen LogP contribution is -2.48. The Labute approximate surface area is 128 Å². The molecule has 0 bridgehead atoms. The number of aromatic nitrogens is 2. The van der Waals surface area contributed by atoms with Crippen molar-refractivity contribution in [3.05, 3.63) is 41.8 Å². The Balaban J connectivity index is 0.00000220. The van der Waals surface area contributed by atoms with Crippen LogP contribution < -0.4 is 11.1 Å². The molecule has 1 amide bonds. The van der Waals surface area contributed by atoms with Crippen LogP contribution in [0.5, 0.6) is 0 Å². The van der Waals surface area contributed by atoms with Gasteiger partial charge in [-0.2, -0.15) is 5.10 Å². The van der Waals surface area contributed by atoms with Crippen molar-refractivity contribution in [2.45, 2.75) is 19.4 Å². The van der Waals surface area contributed by atoms with E-state index >= 15 is 0 Å². The van der Waals surface area contributed by atoms with Gasteiger partial charge in [0.15, 0.2) is 0 Å². The van der Waals surface area contributed by atoms with Gasteiger partial charge in [0.25, 0.3) is 5.91 Å². The molecule has 21 heavy (non-hydrogen) atoms. The molecule has 4 N–H and O–H groups in total. The van der Waals surface area contributed by atoms with E-state index < -0.39 is 5.54 Å². The molecule has 0 fully saturated rings. The van der Waals surface area contributed by atoms with Crippen LogP contribution in [0.1, 0.15) is 24.3 Å². The maximum absolute atomic E-state index is 12.9. The Morgan fingerprint density at radius 3 is 2.57 bits per heavy atom. The summed E-state index contributed by atoms with van der Waals surface area (Å²) >= 11 is 0. The van der Waals surface area contributed by atoms with E-state index in [0.717, 1.165) is 5.56 Å². The number of amides is 1. The van der Waals surface area contributed by atoms with Gasteiger partial charge in [0, 0.05) is 17.6 Å². The zero-order valence-electron chi connectivity index (χ0n) is 11.8. The van der Waals surface area contributed by atoms with Crippen LogP contribution in [0.3, 0.4) is 0 Å². The SMILES string of the molecule is CC(C)(CN)NC(=O)c1cc(-c2ccc(F)cc2)n[nH]1.Cl. The van der Waals surface area contributed by atoms with E-state index in [1.807, 2.05) is 13.8 Å². The number of nitrogens with two attached hydrogens (primary N) is 1. The fourth-order valence-electron chi connectivity index (χ4n) is 1.63. The van der Waals surface area contributed by atoms with Crippen molar-refractivity contribution in [1.29, 1.82) is 0 Å². The van der Waals surface area contributed by atoms with E-state index in [9.17, 15) is 9.18 Å². The second-order valence-corrected chi connectivity index (χ2v) is 5.22. The van der Waals surface area contributed by atoms with Crippen molar-refractivity contribution in [3.63, 3.8) is 0 Å². The van der Waals surface area contributed by atoms with E-state index in [4.69, 9.17) is 5.73 Å². The van der Waals surface area contributed by atoms with Gasteiger partial charge in [-0.25, -0.2) is 4.39 Å². The molecule has 2 rings (SSSR count). The van der Waals surface area contributed by atoms with Gasteiger partial charge >= 0.3 is 0 Å². The minimum atomic E-state index is -0.488. The highest BCUT2D eigenvalue weighted by molar-refractivity contribution is 5.93. The topological polar surface area (TPSA) is 83.8 Å². The number of rotatable bonds is 4. The third-order valence-corrected chi connectivity index (χ3v) is 2.92. The maximum Gasteiger partial charge on any atom is 0.269 e. The minimum absolute atomic E-state index is 0. The van der Waals surface area contributed by atoms with Crippen molar-refractivity contribution in [2.75, 3.05) is 6.54 Å². The Morgan fingerprint density at radius 1 is 1.38 bits per heavy atom. The van der Waals surface area contributed by atoms with Crippen molar-refractivity contribution < 1.29 is 9.18 Å². The first kappa shape index (κ1) is 17.1. The summed E-state index contributed by atoms with van der Waals surface area (Å²) in [4.78, 5) is 12.0. The molecule has 0 unspecified atom stereocenters. The summed E-state index contributed by atoms with van der Waals surface area (Å²) in [7, 11) is 0. The highest BCUT2D eigenvalue weighted by Crippen LogP contribution is 2.18. The number of hydrogen-bond donors (Lipinski definition) is 3. The fraction of sp³-hybridized carbons (Fsp3) is 0.286. The molecule has 1 aromatic carbocycles. The van der Waals surface area contributed by atoms with Gasteiger partial charge in [-0.1, -0.05) is 0 Å². The second-order valence-electron chi connectivity index (χ2n) is 5.22. The quantitative estimate of drug-likeness (QED) is 0.808. The highest BCUT2D eigenvalue weighted by Gasteiger charge is 2.20. The van der Waals surface area contributed by atoms with E-state index in [1.54, 1.807) is 18.2 Å². The van der Waals surface area contributed by atoms with Gasteiger partial charge < -0.3 is 11.1 Å². The standard InChI is InChI=1S/C14H17FN4O.ClH/c1-14(2,8-16)17-13(20)12-7-11(18-19-12)9-3-5-10(15)6-4-9;/h3-7H,8,16H2,1-2H3,(H,17,20)(H,18,19);1H. The fourth-order valence-corrected chi connectivity index (χ4v) is 1.63. The van der Waals surface area contributed by atoms with E-state index in [2.05, 4.69) is 15.5 Å². The summed E-state index contributed by atoms with van der Waals surface area (Å²) in [5, 5.41) is 9.52. The van der Waals surface area contributed by atoms with E-state index in [0.29, 0.717) is 17.9 Å². The molecule has 114 valence electrons. The van der Waals surface area contributed by atoms with Crippen LogP contribution in [-0.2, 0) is 0 Å². The zero-order valence-corrected chi connectivity index (χ0v) is 12.6. The smallest absolute Gasteiger partial charge is 0.269 e. The second kappa shape index (κ2) is 6.69. The van der Waals surface area contributed by atoms with Crippen molar-refractivity contribution >= 4 is 18.3 Å². The normalized spacial score (nSPS) is 10.9. The number of halogens is 2. The number of H-pyrrole nitrogens is 1. The summed E-state index contributed by atoms with van der Waals surface area (Å²) in [6.45, 7) is 4.00. The number of carbonyl (C=O) groups is 1. The first-order valence-electron chi connectivity index (χ1n) is 6.25. The predicted molar refractivity (Wildman–Crippen MR) is 81.8 cm³/mol. The minimum Gasteiger partial charge on any atom is -0.345 e. The molecule has 0 saturated carbocycles. The molecule has 2 aromatic rings. The van der Waals surface area contributed by atoms with Gasteiger partial charge in [-0.3, -0.25) is 9.89 Å². The van der Waals surface area contributed by atoms with Gasteiger partial charge in [-0.15, -0.1) is 12.4 Å². The van der Waals surface area contributed by atoms with Gasteiger partial charge in [0.1, 0.15) is 11.5 Å². The number of aromatic amines is 1. The summed E-state index contributed by atoms with van der Waals surface area (Å²) in [6.07, 6.45) is 0. The van der Waals surface area contributed by atoms with Crippen molar-refractivity contribution in [3.8, 4) is 11.3 Å². The third-order valence-electron chi connectivity index (χ3n) is 2.92. The number of nitrogens with one attached hydrogen (secondary N) is 2. The van der Waals surface area contributed by atoms with Crippen LogP contribution in [0.4, 0.5) is 4.39 Å². The molecule has 7 heteroatoms. The van der Waals surface area contributed by atoms with Gasteiger partial charge in [0.2, 0.25) is 0 Å². The number of hydrogen-bond acceptors (Lipinski definition) is 3. The monoisotopic (exact) mass is 312 g/mol. The van der Waals surface area contributed by atoms with Crippen LogP contribution in [0.15, 0.2) is 30.3 Å². The Hall–Kier alpha value is -1.92. The Morgan fingerprint density at radius 2 is 2.00 bits per heavy atom. The van der Waals surface area contributed by atoms with Crippen LogP contribution in [0.25, 0.3) is 11.3 Å². The number of carbonyl (C=O) groups excluding carboxylic acids is 1. The first-order chi connectivity index (χ1) is 9.41. The maximum atomic E-state index is 12.9.